The third-order valence-corrected chi connectivity index (χ3v) is 3.47. The topological polar surface area (TPSA) is 43.1 Å². The van der Waals surface area contributed by atoms with Crippen LogP contribution in [0, 0.1) is 0 Å². The molecule has 0 radical (unpaired) electrons. The van der Waals surface area contributed by atoms with Crippen molar-refractivity contribution >= 4 is 11.5 Å². The average Bonchev–Trinajstić information content (AvgIpc) is 2.47. The molecule has 0 aliphatic rings. The highest BCUT2D eigenvalue weighted by molar-refractivity contribution is 6.12. The van der Waals surface area contributed by atoms with E-state index in [1.54, 1.807) is 0 Å². The Morgan fingerprint density at radius 1 is 1.00 bits per heavy atom. The summed E-state index contributed by atoms with van der Waals surface area (Å²) >= 11 is 0. The van der Waals surface area contributed by atoms with Crippen LogP contribution in [-0.2, 0) is 12.8 Å². The summed E-state index contributed by atoms with van der Waals surface area (Å²) in [6.45, 7) is 4.17. The Labute approximate surface area is 114 Å². The molecular formula is C17H19NO. The number of hydrogen-bond acceptors (Lipinski definition) is 2. The molecule has 0 amide bonds. The third-order valence-electron chi connectivity index (χ3n) is 3.47. The van der Waals surface area contributed by atoms with Crippen LogP contribution >= 0.6 is 0 Å². The van der Waals surface area contributed by atoms with Crippen molar-refractivity contribution < 1.29 is 4.79 Å². The summed E-state index contributed by atoms with van der Waals surface area (Å²) in [5, 5.41) is 0. The first kappa shape index (κ1) is 13.3. The number of anilines is 1. The van der Waals surface area contributed by atoms with Crippen molar-refractivity contribution in [3.63, 3.8) is 0 Å². The van der Waals surface area contributed by atoms with Gasteiger partial charge in [-0.2, -0.15) is 0 Å². The average molecular weight is 253 g/mol. The lowest BCUT2D eigenvalue weighted by Gasteiger charge is -2.13. The minimum atomic E-state index is -0.00421. The van der Waals surface area contributed by atoms with Crippen molar-refractivity contribution in [2.24, 2.45) is 0 Å². The molecular weight excluding hydrogens is 234 g/mol. The number of ketones is 1. The molecule has 0 aliphatic carbocycles. The van der Waals surface area contributed by atoms with Gasteiger partial charge in [0.1, 0.15) is 0 Å². The van der Waals surface area contributed by atoms with Crippen LogP contribution in [0.25, 0.3) is 0 Å². The molecule has 2 N–H and O–H groups in total. The second-order valence-electron chi connectivity index (χ2n) is 4.57. The van der Waals surface area contributed by atoms with Crippen molar-refractivity contribution in [1.29, 1.82) is 0 Å². The lowest BCUT2D eigenvalue weighted by molar-refractivity contribution is 0.103. The van der Waals surface area contributed by atoms with Crippen molar-refractivity contribution in [2.75, 3.05) is 5.73 Å². The largest absolute Gasteiger partial charge is 0.398 e. The van der Waals surface area contributed by atoms with Gasteiger partial charge in [0.15, 0.2) is 5.78 Å². The van der Waals surface area contributed by atoms with Gasteiger partial charge in [-0.15, -0.1) is 0 Å². The van der Waals surface area contributed by atoms with Crippen molar-refractivity contribution in [2.45, 2.75) is 26.7 Å². The predicted molar refractivity (Wildman–Crippen MR) is 79.5 cm³/mol. The van der Waals surface area contributed by atoms with Crippen LogP contribution in [0.2, 0.25) is 0 Å². The fourth-order valence-corrected chi connectivity index (χ4v) is 2.40. The summed E-state index contributed by atoms with van der Waals surface area (Å²) in [6.07, 6.45) is 1.79. The van der Waals surface area contributed by atoms with E-state index in [9.17, 15) is 4.79 Å². The lowest BCUT2D eigenvalue weighted by Crippen LogP contribution is -2.09. The van der Waals surface area contributed by atoms with Crippen LogP contribution in [0.4, 0.5) is 5.69 Å². The first-order valence-electron chi connectivity index (χ1n) is 6.69. The molecule has 0 bridgehead atoms. The zero-order chi connectivity index (χ0) is 13.8. The van der Waals surface area contributed by atoms with Gasteiger partial charge in [0, 0.05) is 16.8 Å². The van der Waals surface area contributed by atoms with Gasteiger partial charge in [-0.25, -0.2) is 0 Å². The van der Waals surface area contributed by atoms with Gasteiger partial charge >= 0.3 is 0 Å². The molecule has 0 aliphatic heterocycles. The molecule has 0 spiro atoms. The summed E-state index contributed by atoms with van der Waals surface area (Å²) in [7, 11) is 0. The van der Waals surface area contributed by atoms with E-state index < -0.39 is 0 Å². The van der Waals surface area contributed by atoms with E-state index in [-0.39, 0.29) is 5.78 Å². The second-order valence-corrected chi connectivity index (χ2v) is 4.57. The number of carbonyl (C=O) groups is 1. The molecule has 2 rings (SSSR count). The Kier molecular flexibility index (Phi) is 4.00. The van der Waals surface area contributed by atoms with E-state index >= 15 is 0 Å². The number of nitrogens with two attached hydrogens (primary N) is 1. The molecule has 0 unspecified atom stereocenters. The van der Waals surface area contributed by atoms with Gasteiger partial charge in [-0.3, -0.25) is 4.79 Å². The summed E-state index contributed by atoms with van der Waals surface area (Å²) in [4.78, 5) is 12.5. The first-order chi connectivity index (χ1) is 9.19. The van der Waals surface area contributed by atoms with E-state index in [1.807, 2.05) is 42.5 Å². The maximum atomic E-state index is 12.5. The van der Waals surface area contributed by atoms with Crippen molar-refractivity contribution in [3.05, 3.63) is 64.7 Å². The molecule has 0 aromatic heterocycles. The Morgan fingerprint density at radius 3 is 2.26 bits per heavy atom. The standard InChI is InChI=1S/C17H19NO/c1-3-12-10-11-15(16(18)14(12)4-2)17(19)13-8-6-5-7-9-13/h5-11H,3-4,18H2,1-2H3. The van der Waals surface area contributed by atoms with Gasteiger partial charge in [0.2, 0.25) is 0 Å². The molecule has 98 valence electrons. The third kappa shape index (κ3) is 2.53. The van der Waals surface area contributed by atoms with Crippen molar-refractivity contribution in [3.8, 4) is 0 Å². The summed E-state index contributed by atoms with van der Waals surface area (Å²) in [5.74, 6) is -0.00421. The van der Waals surface area contributed by atoms with Gasteiger partial charge in [0.25, 0.3) is 0 Å². The maximum absolute atomic E-state index is 12.5. The fourth-order valence-electron chi connectivity index (χ4n) is 2.40. The number of hydrogen-bond donors (Lipinski definition) is 1. The monoisotopic (exact) mass is 253 g/mol. The smallest absolute Gasteiger partial charge is 0.195 e. The van der Waals surface area contributed by atoms with Gasteiger partial charge in [0.05, 0.1) is 0 Å². The summed E-state index contributed by atoms with van der Waals surface area (Å²) in [6, 6.07) is 13.1. The minimum Gasteiger partial charge on any atom is -0.398 e. The molecule has 0 heterocycles. The zero-order valence-corrected chi connectivity index (χ0v) is 11.4. The van der Waals surface area contributed by atoms with Crippen molar-refractivity contribution in [1.82, 2.24) is 0 Å². The maximum Gasteiger partial charge on any atom is 0.195 e. The molecule has 0 fully saturated rings. The predicted octanol–water partition coefficient (Wildman–Crippen LogP) is 3.62. The zero-order valence-electron chi connectivity index (χ0n) is 11.4. The molecule has 0 atom stereocenters. The van der Waals surface area contributed by atoms with E-state index in [0.717, 1.165) is 18.4 Å². The number of rotatable bonds is 4. The van der Waals surface area contributed by atoms with E-state index in [4.69, 9.17) is 5.73 Å². The highest BCUT2D eigenvalue weighted by atomic mass is 16.1. The van der Waals surface area contributed by atoms with Crippen LogP contribution < -0.4 is 5.73 Å². The lowest BCUT2D eigenvalue weighted by atomic mass is 9.93. The highest BCUT2D eigenvalue weighted by Crippen LogP contribution is 2.25. The Morgan fingerprint density at radius 2 is 1.68 bits per heavy atom. The van der Waals surface area contributed by atoms with Crippen LogP contribution in [-0.4, -0.2) is 5.78 Å². The Balaban J connectivity index is 2.49. The second kappa shape index (κ2) is 5.70. The van der Waals surface area contributed by atoms with Crippen LogP contribution in [0.5, 0.6) is 0 Å². The van der Waals surface area contributed by atoms with Gasteiger partial charge in [-0.1, -0.05) is 50.2 Å². The molecule has 2 aromatic rings. The number of carbonyl (C=O) groups excluding carboxylic acids is 1. The normalized spacial score (nSPS) is 10.4. The number of aryl methyl sites for hydroxylation is 1. The molecule has 2 aromatic carbocycles. The minimum absolute atomic E-state index is 0.00421. The quantitative estimate of drug-likeness (QED) is 0.668. The summed E-state index contributed by atoms with van der Waals surface area (Å²) in [5.41, 5.74) is 10.4. The SMILES string of the molecule is CCc1ccc(C(=O)c2ccccc2)c(N)c1CC. The highest BCUT2D eigenvalue weighted by Gasteiger charge is 2.15. The molecule has 0 saturated heterocycles. The summed E-state index contributed by atoms with van der Waals surface area (Å²) < 4.78 is 0. The van der Waals surface area contributed by atoms with E-state index in [1.165, 1.54) is 5.56 Å². The first-order valence-corrected chi connectivity index (χ1v) is 6.69. The number of nitrogen functional groups attached to an aromatic ring is 1. The Bertz CT molecular complexity index is 588. The van der Waals surface area contributed by atoms with Gasteiger partial charge in [-0.05, 0) is 30.0 Å². The van der Waals surface area contributed by atoms with Crippen LogP contribution in [0.15, 0.2) is 42.5 Å². The van der Waals surface area contributed by atoms with Gasteiger partial charge < -0.3 is 5.73 Å². The molecule has 2 heteroatoms. The van der Waals surface area contributed by atoms with E-state index in [2.05, 4.69) is 13.8 Å². The molecule has 19 heavy (non-hydrogen) atoms. The van der Waals surface area contributed by atoms with Crippen LogP contribution in [0.1, 0.15) is 40.9 Å². The van der Waals surface area contributed by atoms with Crippen LogP contribution in [0.3, 0.4) is 0 Å². The number of benzene rings is 2. The fraction of sp³-hybridized carbons (Fsp3) is 0.235. The molecule has 0 saturated carbocycles. The molecule has 2 nitrogen and oxygen atoms in total. The van der Waals surface area contributed by atoms with E-state index in [0.29, 0.717) is 16.8 Å². The Hall–Kier alpha value is -2.09.